The Morgan fingerprint density at radius 2 is 2.11 bits per heavy atom. The van der Waals surface area contributed by atoms with Crippen LogP contribution >= 0.6 is 0 Å². The first kappa shape index (κ1) is 12.4. The summed E-state index contributed by atoms with van der Waals surface area (Å²) in [5.74, 6) is 0.492. The van der Waals surface area contributed by atoms with Crippen LogP contribution in [-0.2, 0) is 16.1 Å². The summed E-state index contributed by atoms with van der Waals surface area (Å²) in [6.45, 7) is 3.55. The van der Waals surface area contributed by atoms with Crippen LogP contribution in [0.1, 0.15) is 18.2 Å². The van der Waals surface area contributed by atoms with E-state index in [9.17, 15) is 4.79 Å². The van der Waals surface area contributed by atoms with Gasteiger partial charge in [-0.1, -0.05) is 0 Å². The summed E-state index contributed by atoms with van der Waals surface area (Å²) in [6, 6.07) is 7.68. The lowest BCUT2D eigenvalue weighted by Gasteiger charge is -2.08. The summed E-state index contributed by atoms with van der Waals surface area (Å²) in [7, 11) is 1.63. The predicted octanol–water partition coefficient (Wildman–Crippen LogP) is 2.61. The van der Waals surface area contributed by atoms with Crippen molar-refractivity contribution in [3.63, 3.8) is 0 Å². The SMILES string of the molecule is COc1ccc2nc(C)c(COC(C)=O)cc2c1. The van der Waals surface area contributed by atoms with Crippen molar-refractivity contribution in [2.45, 2.75) is 20.5 Å². The number of pyridine rings is 1. The minimum Gasteiger partial charge on any atom is -0.497 e. The Hall–Kier alpha value is -2.10. The topological polar surface area (TPSA) is 48.4 Å². The van der Waals surface area contributed by atoms with Crippen molar-refractivity contribution in [1.82, 2.24) is 4.98 Å². The number of benzene rings is 1. The van der Waals surface area contributed by atoms with Crippen molar-refractivity contribution in [2.24, 2.45) is 0 Å². The first-order valence-corrected chi connectivity index (χ1v) is 5.68. The van der Waals surface area contributed by atoms with Gasteiger partial charge in [-0.3, -0.25) is 9.78 Å². The van der Waals surface area contributed by atoms with E-state index in [0.29, 0.717) is 0 Å². The third kappa shape index (κ3) is 2.59. The lowest BCUT2D eigenvalue weighted by atomic mass is 10.1. The van der Waals surface area contributed by atoms with E-state index in [0.717, 1.165) is 27.9 Å². The van der Waals surface area contributed by atoms with E-state index < -0.39 is 0 Å². The number of rotatable bonds is 3. The number of aromatic nitrogens is 1. The molecular weight excluding hydrogens is 230 g/mol. The van der Waals surface area contributed by atoms with E-state index >= 15 is 0 Å². The highest BCUT2D eigenvalue weighted by Gasteiger charge is 2.06. The molecule has 4 nitrogen and oxygen atoms in total. The largest absolute Gasteiger partial charge is 0.497 e. The van der Waals surface area contributed by atoms with Gasteiger partial charge >= 0.3 is 5.97 Å². The molecule has 18 heavy (non-hydrogen) atoms. The summed E-state index contributed by atoms with van der Waals surface area (Å²) < 4.78 is 10.2. The quantitative estimate of drug-likeness (QED) is 0.780. The molecule has 0 aliphatic rings. The molecule has 0 N–H and O–H groups in total. The van der Waals surface area contributed by atoms with Crippen LogP contribution in [0.25, 0.3) is 10.9 Å². The molecule has 1 aromatic carbocycles. The fourth-order valence-electron chi connectivity index (χ4n) is 1.75. The maximum absolute atomic E-state index is 10.8. The molecule has 2 rings (SSSR count). The van der Waals surface area contributed by atoms with Gasteiger partial charge in [0.25, 0.3) is 0 Å². The molecule has 0 bridgehead atoms. The fourth-order valence-corrected chi connectivity index (χ4v) is 1.75. The first-order chi connectivity index (χ1) is 8.60. The number of esters is 1. The molecular formula is C14H15NO3. The van der Waals surface area contributed by atoms with Gasteiger partial charge in [-0.15, -0.1) is 0 Å². The zero-order chi connectivity index (χ0) is 13.1. The fraction of sp³-hybridized carbons (Fsp3) is 0.286. The molecule has 0 spiro atoms. The van der Waals surface area contributed by atoms with Gasteiger partial charge in [-0.05, 0) is 31.2 Å². The second-order valence-corrected chi connectivity index (χ2v) is 4.07. The van der Waals surface area contributed by atoms with E-state index in [1.165, 1.54) is 6.92 Å². The normalized spacial score (nSPS) is 10.4. The highest BCUT2D eigenvalue weighted by molar-refractivity contribution is 5.81. The molecule has 1 heterocycles. The third-order valence-electron chi connectivity index (χ3n) is 2.75. The van der Waals surface area contributed by atoms with Gasteiger partial charge in [0.05, 0.1) is 12.6 Å². The third-order valence-corrected chi connectivity index (χ3v) is 2.75. The summed E-state index contributed by atoms with van der Waals surface area (Å²) in [4.78, 5) is 15.3. The van der Waals surface area contributed by atoms with Crippen molar-refractivity contribution < 1.29 is 14.3 Å². The highest BCUT2D eigenvalue weighted by atomic mass is 16.5. The maximum atomic E-state index is 10.8. The molecule has 0 atom stereocenters. The van der Waals surface area contributed by atoms with Crippen LogP contribution in [0.4, 0.5) is 0 Å². The van der Waals surface area contributed by atoms with Crippen LogP contribution in [0, 0.1) is 6.92 Å². The minimum atomic E-state index is -0.292. The van der Waals surface area contributed by atoms with Crippen LogP contribution in [-0.4, -0.2) is 18.1 Å². The van der Waals surface area contributed by atoms with Crippen molar-refractivity contribution in [2.75, 3.05) is 7.11 Å². The molecule has 2 aromatic rings. The van der Waals surface area contributed by atoms with Gasteiger partial charge in [-0.2, -0.15) is 0 Å². The van der Waals surface area contributed by atoms with Gasteiger partial charge in [-0.25, -0.2) is 0 Å². The number of methoxy groups -OCH3 is 1. The van der Waals surface area contributed by atoms with Crippen molar-refractivity contribution in [3.05, 3.63) is 35.5 Å². The lowest BCUT2D eigenvalue weighted by Crippen LogP contribution is -2.02. The minimum absolute atomic E-state index is 0.251. The number of hydrogen-bond donors (Lipinski definition) is 0. The number of carbonyl (C=O) groups is 1. The zero-order valence-electron chi connectivity index (χ0n) is 10.7. The number of ether oxygens (including phenoxy) is 2. The standard InChI is InChI=1S/C14H15NO3/c1-9-12(8-18-10(2)16)6-11-7-13(17-3)4-5-14(11)15-9/h4-7H,8H2,1-3H3. The molecule has 0 fully saturated rings. The molecule has 0 saturated heterocycles. The lowest BCUT2D eigenvalue weighted by molar-refractivity contribution is -0.142. The van der Waals surface area contributed by atoms with Crippen LogP contribution in [0.3, 0.4) is 0 Å². The molecule has 4 heteroatoms. The van der Waals surface area contributed by atoms with Crippen LogP contribution < -0.4 is 4.74 Å². The summed E-state index contributed by atoms with van der Waals surface area (Å²) in [5.41, 5.74) is 2.68. The number of nitrogens with zero attached hydrogens (tertiary/aromatic N) is 1. The summed E-state index contributed by atoms with van der Waals surface area (Å²) >= 11 is 0. The average molecular weight is 245 g/mol. The van der Waals surface area contributed by atoms with Crippen LogP contribution in [0.5, 0.6) is 5.75 Å². The summed E-state index contributed by atoms with van der Waals surface area (Å²) in [5, 5.41) is 0.974. The molecule has 0 saturated carbocycles. The molecule has 0 radical (unpaired) electrons. The van der Waals surface area contributed by atoms with Crippen molar-refractivity contribution >= 4 is 16.9 Å². The zero-order valence-corrected chi connectivity index (χ0v) is 10.7. The molecule has 1 aromatic heterocycles. The highest BCUT2D eigenvalue weighted by Crippen LogP contribution is 2.22. The monoisotopic (exact) mass is 245 g/mol. The Balaban J connectivity index is 2.41. The Morgan fingerprint density at radius 1 is 1.33 bits per heavy atom. The van der Waals surface area contributed by atoms with Gasteiger partial charge in [0, 0.05) is 23.6 Å². The second kappa shape index (κ2) is 5.04. The average Bonchev–Trinajstić information content (AvgIpc) is 2.35. The van der Waals surface area contributed by atoms with E-state index in [-0.39, 0.29) is 12.6 Å². The van der Waals surface area contributed by atoms with Crippen molar-refractivity contribution in [1.29, 1.82) is 0 Å². The van der Waals surface area contributed by atoms with Crippen LogP contribution in [0.15, 0.2) is 24.3 Å². The summed E-state index contributed by atoms with van der Waals surface area (Å²) in [6.07, 6.45) is 0. The van der Waals surface area contributed by atoms with Gasteiger partial charge in [0.1, 0.15) is 12.4 Å². The van der Waals surface area contributed by atoms with Gasteiger partial charge in [0.2, 0.25) is 0 Å². The van der Waals surface area contributed by atoms with Gasteiger partial charge < -0.3 is 9.47 Å². The molecule has 0 aliphatic carbocycles. The number of hydrogen-bond acceptors (Lipinski definition) is 4. The molecule has 0 amide bonds. The molecule has 0 aliphatic heterocycles. The molecule has 94 valence electrons. The number of carbonyl (C=O) groups excluding carboxylic acids is 1. The Kier molecular flexibility index (Phi) is 3.46. The van der Waals surface area contributed by atoms with Crippen LogP contribution in [0.2, 0.25) is 0 Å². The van der Waals surface area contributed by atoms with Gasteiger partial charge in [0.15, 0.2) is 0 Å². The smallest absolute Gasteiger partial charge is 0.302 e. The number of fused-ring (bicyclic) bond motifs is 1. The first-order valence-electron chi connectivity index (χ1n) is 5.68. The second-order valence-electron chi connectivity index (χ2n) is 4.07. The van der Waals surface area contributed by atoms with E-state index in [4.69, 9.17) is 9.47 Å². The maximum Gasteiger partial charge on any atom is 0.302 e. The molecule has 0 unspecified atom stereocenters. The van der Waals surface area contributed by atoms with E-state index in [1.54, 1.807) is 7.11 Å². The Labute approximate surface area is 106 Å². The predicted molar refractivity (Wildman–Crippen MR) is 68.5 cm³/mol. The van der Waals surface area contributed by atoms with E-state index in [2.05, 4.69) is 4.98 Å². The van der Waals surface area contributed by atoms with E-state index in [1.807, 2.05) is 31.2 Å². The Morgan fingerprint density at radius 3 is 2.78 bits per heavy atom. The number of aryl methyl sites for hydroxylation is 1. The Bertz CT molecular complexity index is 593. The van der Waals surface area contributed by atoms with Crippen molar-refractivity contribution in [3.8, 4) is 5.75 Å².